The predicted octanol–water partition coefficient (Wildman–Crippen LogP) is 1.01. The van der Waals surface area contributed by atoms with E-state index in [4.69, 9.17) is 4.74 Å². The molecule has 2 rings (SSSR count). The number of ether oxygens (including phenoxy) is 1. The van der Waals surface area contributed by atoms with E-state index in [0.717, 1.165) is 52.1 Å². The number of likely N-dealkylation sites (N-methyl/N-ethyl adjacent to an activating group) is 1. The van der Waals surface area contributed by atoms with Crippen LogP contribution in [-0.4, -0.2) is 74.7 Å². The molecule has 0 spiro atoms. The van der Waals surface area contributed by atoms with Gasteiger partial charge < -0.3 is 15.0 Å². The van der Waals surface area contributed by atoms with E-state index < -0.39 is 0 Å². The Bertz CT molecular complexity index is 300. The van der Waals surface area contributed by atoms with Gasteiger partial charge in [-0.15, -0.1) is 24.8 Å². The molecule has 2 heterocycles. The van der Waals surface area contributed by atoms with Gasteiger partial charge in [-0.1, -0.05) is 6.92 Å². The maximum Gasteiger partial charge on any atom is 0.253 e. The number of hydrogen-bond donors (Lipinski definition) is 1. The van der Waals surface area contributed by atoms with Crippen LogP contribution >= 0.6 is 24.8 Å². The highest BCUT2D eigenvalue weighted by Crippen LogP contribution is 2.18. The van der Waals surface area contributed by atoms with Crippen molar-refractivity contribution in [2.24, 2.45) is 5.92 Å². The predicted molar refractivity (Wildman–Crippen MR) is 89.6 cm³/mol. The Morgan fingerprint density at radius 2 is 1.90 bits per heavy atom. The van der Waals surface area contributed by atoms with Crippen molar-refractivity contribution in [3.8, 4) is 0 Å². The van der Waals surface area contributed by atoms with E-state index in [1.807, 2.05) is 11.9 Å². The van der Waals surface area contributed by atoms with Crippen LogP contribution in [0.1, 0.15) is 19.8 Å². The lowest BCUT2D eigenvalue weighted by Gasteiger charge is -2.37. The lowest BCUT2D eigenvalue weighted by Crippen LogP contribution is -2.52. The van der Waals surface area contributed by atoms with Gasteiger partial charge >= 0.3 is 0 Å². The second kappa shape index (κ2) is 10.6. The number of rotatable bonds is 4. The van der Waals surface area contributed by atoms with Crippen molar-refractivity contribution in [1.82, 2.24) is 15.1 Å². The normalized spacial score (nSPS) is 24.1. The van der Waals surface area contributed by atoms with E-state index in [1.54, 1.807) is 0 Å². The molecule has 0 aliphatic carbocycles. The van der Waals surface area contributed by atoms with Crippen molar-refractivity contribution in [2.75, 3.05) is 52.9 Å². The number of carbonyl (C=O) groups excluding carboxylic acids is 1. The van der Waals surface area contributed by atoms with Gasteiger partial charge in [-0.3, -0.25) is 9.69 Å². The van der Waals surface area contributed by atoms with Crippen LogP contribution in [-0.2, 0) is 9.53 Å². The molecule has 1 N–H and O–H groups in total. The van der Waals surface area contributed by atoms with Crippen LogP contribution in [0, 0.1) is 5.92 Å². The Morgan fingerprint density at radius 3 is 2.48 bits per heavy atom. The van der Waals surface area contributed by atoms with Crippen LogP contribution < -0.4 is 5.32 Å². The monoisotopic (exact) mass is 341 g/mol. The molecule has 0 radical (unpaired) electrons. The lowest BCUT2D eigenvalue weighted by molar-refractivity contribution is -0.150. The van der Waals surface area contributed by atoms with Crippen molar-refractivity contribution in [1.29, 1.82) is 0 Å². The molecule has 21 heavy (non-hydrogen) atoms. The summed E-state index contributed by atoms with van der Waals surface area (Å²) >= 11 is 0. The van der Waals surface area contributed by atoms with E-state index in [0.29, 0.717) is 12.5 Å². The van der Waals surface area contributed by atoms with Crippen molar-refractivity contribution < 1.29 is 9.53 Å². The van der Waals surface area contributed by atoms with Crippen LogP contribution in [0.2, 0.25) is 0 Å². The van der Waals surface area contributed by atoms with Gasteiger partial charge in [0, 0.05) is 26.2 Å². The first-order chi connectivity index (χ1) is 9.24. The number of morpholine rings is 1. The van der Waals surface area contributed by atoms with E-state index in [9.17, 15) is 4.79 Å². The molecule has 0 bridgehead atoms. The van der Waals surface area contributed by atoms with Crippen LogP contribution in [0.5, 0.6) is 0 Å². The molecule has 2 fully saturated rings. The van der Waals surface area contributed by atoms with E-state index in [1.165, 1.54) is 0 Å². The van der Waals surface area contributed by atoms with E-state index >= 15 is 0 Å². The highest BCUT2D eigenvalue weighted by molar-refractivity contribution is 5.85. The van der Waals surface area contributed by atoms with Gasteiger partial charge in [-0.2, -0.15) is 0 Å². The third-order valence-corrected chi connectivity index (χ3v) is 4.29. The Labute approximate surface area is 140 Å². The van der Waals surface area contributed by atoms with Crippen molar-refractivity contribution >= 4 is 30.7 Å². The molecular formula is C14H29Cl2N3O2. The summed E-state index contributed by atoms with van der Waals surface area (Å²) in [7, 11) is 1.99. The molecule has 1 unspecified atom stereocenters. The van der Waals surface area contributed by atoms with Crippen LogP contribution in [0.25, 0.3) is 0 Å². The summed E-state index contributed by atoms with van der Waals surface area (Å²) in [5, 5.41) is 3.22. The lowest BCUT2D eigenvalue weighted by atomic mass is 9.96. The molecule has 2 aliphatic heterocycles. The fraction of sp³-hybridized carbons (Fsp3) is 0.929. The minimum Gasteiger partial charge on any atom is -0.366 e. The summed E-state index contributed by atoms with van der Waals surface area (Å²) in [6.07, 6.45) is 1.97. The van der Waals surface area contributed by atoms with Gasteiger partial charge in [0.15, 0.2) is 0 Å². The Balaban J connectivity index is 0.00000200. The Morgan fingerprint density at radius 1 is 1.24 bits per heavy atom. The zero-order valence-corrected chi connectivity index (χ0v) is 14.7. The molecule has 0 aromatic rings. The molecule has 2 saturated heterocycles. The smallest absolute Gasteiger partial charge is 0.253 e. The summed E-state index contributed by atoms with van der Waals surface area (Å²) in [6, 6.07) is 0. The number of likely N-dealkylation sites (tertiary alicyclic amines) is 1. The highest BCUT2D eigenvalue weighted by Gasteiger charge is 2.31. The molecule has 0 saturated carbocycles. The number of hydrogen-bond acceptors (Lipinski definition) is 4. The summed E-state index contributed by atoms with van der Waals surface area (Å²) in [6.45, 7) is 8.35. The topological polar surface area (TPSA) is 44.8 Å². The average Bonchev–Trinajstić information content (AvgIpc) is 2.48. The van der Waals surface area contributed by atoms with Crippen LogP contribution in [0.15, 0.2) is 0 Å². The zero-order valence-electron chi connectivity index (χ0n) is 13.0. The summed E-state index contributed by atoms with van der Waals surface area (Å²) in [5.41, 5.74) is 0. The minimum absolute atomic E-state index is 0. The van der Waals surface area contributed by atoms with Crippen LogP contribution in [0.3, 0.4) is 0 Å². The number of amides is 1. The zero-order chi connectivity index (χ0) is 13.7. The van der Waals surface area contributed by atoms with E-state index in [2.05, 4.69) is 17.1 Å². The number of carbonyl (C=O) groups is 1. The second-order valence-corrected chi connectivity index (χ2v) is 5.58. The number of halogens is 2. The van der Waals surface area contributed by atoms with Crippen molar-refractivity contribution in [3.63, 3.8) is 0 Å². The van der Waals surface area contributed by atoms with Crippen molar-refractivity contribution in [3.05, 3.63) is 0 Å². The van der Waals surface area contributed by atoms with Gasteiger partial charge in [-0.05, 0) is 38.9 Å². The van der Waals surface area contributed by atoms with Gasteiger partial charge in [0.25, 0.3) is 5.91 Å². The van der Waals surface area contributed by atoms with Gasteiger partial charge in [0.05, 0.1) is 6.61 Å². The molecule has 1 amide bonds. The standard InChI is InChI=1S/C14H27N3O2.2ClH/c1-3-16-8-9-19-13(11-16)14(18)17-6-4-12(5-7-17)10-15-2;;/h12-13,15H,3-11H2,1-2H3;2*1H. The van der Waals surface area contributed by atoms with E-state index in [-0.39, 0.29) is 36.8 Å². The number of nitrogens with one attached hydrogen (secondary N) is 1. The fourth-order valence-corrected chi connectivity index (χ4v) is 2.99. The Kier molecular flexibility index (Phi) is 10.6. The molecular weight excluding hydrogens is 313 g/mol. The van der Waals surface area contributed by atoms with Gasteiger partial charge in [-0.25, -0.2) is 0 Å². The highest BCUT2D eigenvalue weighted by atomic mass is 35.5. The quantitative estimate of drug-likeness (QED) is 0.828. The summed E-state index contributed by atoms with van der Waals surface area (Å²) in [4.78, 5) is 16.7. The first-order valence-corrected chi connectivity index (χ1v) is 7.52. The molecule has 2 aliphatic rings. The largest absolute Gasteiger partial charge is 0.366 e. The molecule has 1 atom stereocenters. The Hall–Kier alpha value is -0.0700. The van der Waals surface area contributed by atoms with Gasteiger partial charge in [0.2, 0.25) is 0 Å². The minimum atomic E-state index is -0.241. The SMILES string of the molecule is CCN1CCOC(C(=O)N2CCC(CNC)CC2)C1.Cl.Cl. The average molecular weight is 342 g/mol. The second-order valence-electron chi connectivity index (χ2n) is 5.58. The first kappa shape index (κ1) is 20.9. The fourth-order valence-electron chi connectivity index (χ4n) is 2.99. The number of piperidine rings is 1. The third-order valence-electron chi connectivity index (χ3n) is 4.29. The molecule has 7 heteroatoms. The first-order valence-electron chi connectivity index (χ1n) is 7.52. The molecule has 5 nitrogen and oxygen atoms in total. The van der Waals surface area contributed by atoms with Gasteiger partial charge in [0.1, 0.15) is 6.10 Å². The van der Waals surface area contributed by atoms with Crippen LogP contribution in [0.4, 0.5) is 0 Å². The molecule has 0 aromatic carbocycles. The summed E-state index contributed by atoms with van der Waals surface area (Å²) < 4.78 is 5.65. The number of nitrogens with zero attached hydrogens (tertiary/aromatic N) is 2. The molecule has 126 valence electrons. The maximum absolute atomic E-state index is 12.4. The third kappa shape index (κ3) is 5.91. The summed E-state index contributed by atoms with van der Waals surface area (Å²) in [5.74, 6) is 0.912. The molecule has 0 aromatic heterocycles. The van der Waals surface area contributed by atoms with Crippen molar-refractivity contribution in [2.45, 2.75) is 25.9 Å². The maximum atomic E-state index is 12.4.